The molecule has 1 rings (SSSR count). The Balaban J connectivity index is 2.25. The van der Waals surface area contributed by atoms with Gasteiger partial charge in [0.25, 0.3) is 0 Å². The van der Waals surface area contributed by atoms with Gasteiger partial charge < -0.3 is 9.94 Å². The number of carboxylic acid groups (broad SMARTS) is 1. The number of benzene rings is 1. The molecule has 0 aliphatic rings. The molecule has 1 aromatic carbocycles. The van der Waals surface area contributed by atoms with Crippen LogP contribution in [0.5, 0.6) is 0 Å². The largest absolute Gasteiger partial charge is 0.477 e. The van der Waals surface area contributed by atoms with Crippen LogP contribution in [0.25, 0.3) is 0 Å². The highest BCUT2D eigenvalue weighted by molar-refractivity contribution is 6.34. The van der Waals surface area contributed by atoms with Crippen LogP contribution in [0.2, 0.25) is 0 Å². The van der Waals surface area contributed by atoms with E-state index in [1.807, 2.05) is 6.07 Å². The van der Waals surface area contributed by atoms with Gasteiger partial charge in [-0.15, -0.1) is 0 Å². The molecule has 0 aromatic heterocycles. The first kappa shape index (κ1) is 13.2. The van der Waals surface area contributed by atoms with E-state index in [1.54, 1.807) is 0 Å². The fourth-order valence-electron chi connectivity index (χ4n) is 1.39. The summed E-state index contributed by atoms with van der Waals surface area (Å²) in [5.41, 5.74) is 2.47. The predicted molar refractivity (Wildman–Crippen MR) is 66.2 cm³/mol. The fourth-order valence-corrected chi connectivity index (χ4v) is 1.39. The van der Waals surface area contributed by atoms with Crippen molar-refractivity contribution in [2.24, 2.45) is 5.16 Å². The van der Waals surface area contributed by atoms with E-state index in [4.69, 9.17) is 9.94 Å². The van der Waals surface area contributed by atoms with Crippen molar-refractivity contribution in [2.45, 2.75) is 26.7 Å². The number of carbonyl (C=O) groups is 1. The van der Waals surface area contributed by atoms with Crippen molar-refractivity contribution < 1.29 is 14.7 Å². The molecule has 0 spiro atoms. The van der Waals surface area contributed by atoms with E-state index in [1.165, 1.54) is 18.1 Å². The summed E-state index contributed by atoms with van der Waals surface area (Å²) in [5, 5.41) is 12.0. The lowest BCUT2D eigenvalue weighted by atomic mass is 10.1. The molecule has 4 nitrogen and oxygen atoms in total. The topological polar surface area (TPSA) is 58.9 Å². The van der Waals surface area contributed by atoms with Gasteiger partial charge in [0.1, 0.15) is 6.61 Å². The molecule has 0 atom stereocenters. The average Bonchev–Trinajstić information content (AvgIpc) is 2.28. The third kappa shape index (κ3) is 5.15. The smallest absolute Gasteiger partial charge is 0.353 e. The third-order valence-electron chi connectivity index (χ3n) is 2.29. The quantitative estimate of drug-likeness (QED) is 0.468. The Morgan fingerprint density at radius 3 is 2.88 bits per heavy atom. The highest BCUT2D eigenvalue weighted by atomic mass is 16.6. The predicted octanol–water partition coefficient (Wildman–Crippen LogP) is 2.40. The van der Waals surface area contributed by atoms with Crippen LogP contribution in [0.3, 0.4) is 0 Å². The Bertz CT molecular complexity index is 413. The number of carboxylic acids is 1. The van der Waals surface area contributed by atoms with Gasteiger partial charge in [0.2, 0.25) is 0 Å². The molecule has 0 radical (unpaired) electrons. The number of nitrogens with zero attached hydrogens (tertiary/aromatic N) is 1. The second-order valence-electron chi connectivity index (χ2n) is 3.91. The minimum atomic E-state index is -1.05. The summed E-state index contributed by atoms with van der Waals surface area (Å²) in [4.78, 5) is 15.3. The summed E-state index contributed by atoms with van der Waals surface area (Å²) in [6.45, 7) is 3.89. The molecule has 0 unspecified atom stereocenters. The van der Waals surface area contributed by atoms with Crippen molar-refractivity contribution >= 4 is 11.7 Å². The molecule has 0 fully saturated rings. The molecule has 0 heterocycles. The van der Waals surface area contributed by atoms with Crippen molar-refractivity contribution in [3.05, 3.63) is 35.4 Å². The van der Waals surface area contributed by atoms with Gasteiger partial charge in [-0.25, -0.2) is 4.79 Å². The summed E-state index contributed by atoms with van der Waals surface area (Å²) in [7, 11) is 0. The van der Waals surface area contributed by atoms with Crippen LogP contribution in [-0.2, 0) is 16.1 Å². The first-order chi connectivity index (χ1) is 8.09. The molecular weight excluding hydrogens is 218 g/mol. The molecule has 1 N–H and O–H groups in total. The van der Waals surface area contributed by atoms with E-state index >= 15 is 0 Å². The maximum absolute atomic E-state index is 10.4. The zero-order valence-corrected chi connectivity index (χ0v) is 10.1. The second kappa shape index (κ2) is 6.68. The number of aliphatic carboxylic acids is 1. The minimum Gasteiger partial charge on any atom is -0.477 e. The van der Waals surface area contributed by atoms with Gasteiger partial charge in [-0.1, -0.05) is 35.0 Å². The average molecular weight is 235 g/mol. The molecule has 1 aromatic rings. The molecule has 0 saturated carbocycles. The number of oxime groups is 1. The zero-order chi connectivity index (χ0) is 12.7. The lowest BCUT2D eigenvalue weighted by Gasteiger charge is -2.02. The molecule has 0 saturated heterocycles. The van der Waals surface area contributed by atoms with E-state index in [-0.39, 0.29) is 5.71 Å². The number of hydrogen-bond acceptors (Lipinski definition) is 3. The van der Waals surface area contributed by atoms with Crippen LogP contribution in [0.1, 0.15) is 24.5 Å². The summed E-state index contributed by atoms with van der Waals surface area (Å²) in [6.07, 6.45) is 1.73. The summed E-state index contributed by atoms with van der Waals surface area (Å²) < 4.78 is 0. The molecule has 0 bridgehead atoms. The van der Waals surface area contributed by atoms with Gasteiger partial charge in [-0.05, 0) is 32.3 Å². The maximum atomic E-state index is 10.4. The molecule has 4 heteroatoms. The number of rotatable bonds is 6. The molecule has 0 aliphatic carbocycles. The van der Waals surface area contributed by atoms with Gasteiger partial charge in [0.05, 0.1) is 0 Å². The lowest BCUT2D eigenvalue weighted by Crippen LogP contribution is -2.08. The highest BCUT2D eigenvalue weighted by Gasteiger charge is 2.01. The Hall–Kier alpha value is -1.84. The van der Waals surface area contributed by atoms with Crippen molar-refractivity contribution in [1.29, 1.82) is 0 Å². The summed E-state index contributed by atoms with van der Waals surface area (Å²) >= 11 is 0. The van der Waals surface area contributed by atoms with Crippen molar-refractivity contribution in [3.63, 3.8) is 0 Å². The van der Waals surface area contributed by atoms with E-state index in [2.05, 4.69) is 30.3 Å². The first-order valence-electron chi connectivity index (χ1n) is 5.55. The van der Waals surface area contributed by atoms with E-state index in [9.17, 15) is 4.79 Å². The second-order valence-corrected chi connectivity index (χ2v) is 3.91. The van der Waals surface area contributed by atoms with Gasteiger partial charge >= 0.3 is 5.97 Å². The normalized spacial score (nSPS) is 11.3. The molecular formula is C13H17NO3. The Morgan fingerprint density at radius 2 is 2.24 bits per heavy atom. The van der Waals surface area contributed by atoms with Gasteiger partial charge in [0.15, 0.2) is 5.71 Å². The van der Waals surface area contributed by atoms with Crippen LogP contribution in [0.4, 0.5) is 0 Å². The van der Waals surface area contributed by atoms with E-state index in [0.717, 1.165) is 12.8 Å². The number of hydrogen-bond donors (Lipinski definition) is 1. The van der Waals surface area contributed by atoms with Crippen molar-refractivity contribution in [1.82, 2.24) is 0 Å². The van der Waals surface area contributed by atoms with Gasteiger partial charge in [-0.3, -0.25) is 0 Å². The molecule has 17 heavy (non-hydrogen) atoms. The minimum absolute atomic E-state index is 0.0273. The maximum Gasteiger partial charge on any atom is 0.353 e. The monoisotopic (exact) mass is 235 g/mol. The van der Waals surface area contributed by atoms with Crippen molar-refractivity contribution in [2.75, 3.05) is 6.61 Å². The summed E-state index contributed by atoms with van der Waals surface area (Å²) in [5.74, 6) is -1.05. The Morgan fingerprint density at radius 1 is 1.47 bits per heavy atom. The van der Waals surface area contributed by atoms with Gasteiger partial charge in [-0.2, -0.15) is 0 Å². The van der Waals surface area contributed by atoms with Crippen LogP contribution in [0.15, 0.2) is 29.4 Å². The first-order valence-corrected chi connectivity index (χ1v) is 5.55. The highest BCUT2D eigenvalue weighted by Crippen LogP contribution is 2.06. The number of aryl methyl sites for hydroxylation is 2. The Labute approximate surface area is 101 Å². The van der Waals surface area contributed by atoms with Crippen LogP contribution in [0, 0.1) is 6.92 Å². The molecule has 0 amide bonds. The standard InChI is InChI=1S/C13H17NO3/c1-10-5-3-6-12(9-10)7-4-8-17-14-11(2)13(15)16/h3,5-6,9H,4,7-8H2,1-2H3,(H,15,16). The summed E-state index contributed by atoms with van der Waals surface area (Å²) in [6, 6.07) is 8.28. The lowest BCUT2D eigenvalue weighted by molar-refractivity contribution is -0.129. The zero-order valence-electron chi connectivity index (χ0n) is 10.1. The van der Waals surface area contributed by atoms with Crippen LogP contribution < -0.4 is 0 Å². The van der Waals surface area contributed by atoms with Crippen molar-refractivity contribution in [3.8, 4) is 0 Å². The Kier molecular flexibility index (Phi) is 5.20. The fraction of sp³-hybridized carbons (Fsp3) is 0.385. The van der Waals surface area contributed by atoms with E-state index < -0.39 is 5.97 Å². The SMILES string of the molecule is CC(=NOCCCc1cccc(C)c1)C(=O)O. The van der Waals surface area contributed by atoms with Crippen LogP contribution >= 0.6 is 0 Å². The van der Waals surface area contributed by atoms with E-state index in [0.29, 0.717) is 6.61 Å². The van der Waals surface area contributed by atoms with Gasteiger partial charge in [0, 0.05) is 0 Å². The van der Waals surface area contributed by atoms with Crippen LogP contribution in [-0.4, -0.2) is 23.4 Å². The molecule has 0 aliphatic heterocycles. The third-order valence-corrected chi connectivity index (χ3v) is 2.29. The molecule has 92 valence electrons.